The average Bonchev–Trinajstić information content (AvgIpc) is 3.38. The van der Waals surface area contributed by atoms with Crippen LogP contribution in [-0.2, 0) is 17.8 Å². The first-order valence-corrected chi connectivity index (χ1v) is 11.0. The highest BCUT2D eigenvalue weighted by molar-refractivity contribution is 6.33. The smallest absolute Gasteiger partial charge is 0.355 e. The van der Waals surface area contributed by atoms with Gasteiger partial charge in [0.05, 0.1) is 17.2 Å². The molecule has 4 rings (SSSR count). The number of carbonyl (C=O) groups excluding carboxylic acids is 2. The van der Waals surface area contributed by atoms with Crippen molar-refractivity contribution in [1.29, 1.82) is 0 Å². The van der Waals surface area contributed by atoms with Crippen LogP contribution in [0.3, 0.4) is 0 Å². The van der Waals surface area contributed by atoms with Gasteiger partial charge in [0.2, 0.25) is 6.79 Å². The van der Waals surface area contributed by atoms with E-state index >= 15 is 0 Å². The number of esters is 1. The van der Waals surface area contributed by atoms with E-state index in [1.54, 1.807) is 36.1 Å². The Bertz CT molecular complexity index is 1200. The predicted octanol–water partition coefficient (Wildman–Crippen LogP) is 5.03. The van der Waals surface area contributed by atoms with E-state index in [9.17, 15) is 9.59 Å². The summed E-state index contributed by atoms with van der Waals surface area (Å²) in [5.41, 5.74) is 4.12. The van der Waals surface area contributed by atoms with E-state index in [1.165, 1.54) is 0 Å². The summed E-state index contributed by atoms with van der Waals surface area (Å²) in [7, 11) is 0. The molecule has 7 nitrogen and oxygen atoms in total. The zero-order valence-electron chi connectivity index (χ0n) is 18.7. The molecule has 0 saturated heterocycles. The second kappa shape index (κ2) is 9.58. The van der Waals surface area contributed by atoms with Crippen molar-refractivity contribution in [3.8, 4) is 11.5 Å². The molecule has 2 heterocycles. The molecular weight excluding hydrogens is 444 g/mol. The summed E-state index contributed by atoms with van der Waals surface area (Å²) in [6.07, 6.45) is 0. The van der Waals surface area contributed by atoms with Crippen LogP contribution < -0.4 is 9.47 Å². The molecule has 2 aromatic carbocycles. The minimum atomic E-state index is -0.413. The van der Waals surface area contributed by atoms with Crippen molar-refractivity contribution < 1.29 is 23.8 Å². The number of benzene rings is 2. The molecule has 1 aliphatic rings. The Hall–Kier alpha value is -3.45. The summed E-state index contributed by atoms with van der Waals surface area (Å²) in [6.45, 7) is 6.56. The van der Waals surface area contributed by atoms with Gasteiger partial charge < -0.3 is 24.1 Å². The number of hydrogen-bond donors (Lipinski definition) is 1. The number of fused-ring (bicyclic) bond motifs is 1. The van der Waals surface area contributed by atoms with Crippen molar-refractivity contribution in [3.05, 3.63) is 81.1 Å². The molecule has 0 aliphatic carbocycles. The number of amides is 1. The fourth-order valence-corrected chi connectivity index (χ4v) is 4.11. The third-order valence-electron chi connectivity index (χ3n) is 5.62. The molecule has 0 spiro atoms. The van der Waals surface area contributed by atoms with Crippen LogP contribution in [0.4, 0.5) is 0 Å². The molecule has 1 aromatic heterocycles. The standard InChI is InChI=1S/C25H25ClN2O5/c1-4-31-25(30)23-15(2)19(16(3)27-23)13-28(24(29)18-7-5-6-8-20(18)26)12-17-9-10-21-22(11-17)33-14-32-21/h5-11,27H,4,12-14H2,1-3H3. The van der Waals surface area contributed by atoms with Crippen molar-refractivity contribution in [1.82, 2.24) is 9.88 Å². The molecule has 0 atom stereocenters. The van der Waals surface area contributed by atoms with Gasteiger partial charge in [-0.3, -0.25) is 4.79 Å². The van der Waals surface area contributed by atoms with Gasteiger partial charge in [0, 0.05) is 18.8 Å². The van der Waals surface area contributed by atoms with Crippen molar-refractivity contribution in [2.24, 2.45) is 0 Å². The molecule has 1 amide bonds. The number of carbonyl (C=O) groups is 2. The number of nitrogens with zero attached hydrogens (tertiary/aromatic N) is 1. The number of nitrogens with one attached hydrogen (secondary N) is 1. The van der Waals surface area contributed by atoms with Crippen LogP contribution in [-0.4, -0.2) is 35.2 Å². The first-order chi connectivity index (χ1) is 15.9. The van der Waals surface area contributed by atoms with Crippen LogP contribution in [0.15, 0.2) is 42.5 Å². The van der Waals surface area contributed by atoms with Gasteiger partial charge in [0.15, 0.2) is 11.5 Å². The summed E-state index contributed by atoms with van der Waals surface area (Å²) < 4.78 is 16.0. The van der Waals surface area contributed by atoms with Gasteiger partial charge in [-0.1, -0.05) is 29.8 Å². The largest absolute Gasteiger partial charge is 0.461 e. The fourth-order valence-electron chi connectivity index (χ4n) is 3.89. The Morgan fingerprint density at radius 1 is 1.09 bits per heavy atom. The minimum absolute atomic E-state index is 0.180. The maximum Gasteiger partial charge on any atom is 0.355 e. The van der Waals surface area contributed by atoms with Crippen molar-refractivity contribution >= 4 is 23.5 Å². The molecule has 3 aromatic rings. The van der Waals surface area contributed by atoms with Gasteiger partial charge in [-0.05, 0) is 61.7 Å². The molecular formula is C25H25ClN2O5. The maximum atomic E-state index is 13.6. The predicted molar refractivity (Wildman–Crippen MR) is 124 cm³/mol. The van der Waals surface area contributed by atoms with Crippen molar-refractivity contribution in [2.45, 2.75) is 33.9 Å². The van der Waals surface area contributed by atoms with Crippen LogP contribution in [0.25, 0.3) is 0 Å². The molecule has 0 bridgehead atoms. The number of ether oxygens (including phenoxy) is 3. The van der Waals surface area contributed by atoms with Crippen LogP contribution in [0.1, 0.15) is 50.2 Å². The van der Waals surface area contributed by atoms with Crippen LogP contribution >= 0.6 is 11.6 Å². The zero-order chi connectivity index (χ0) is 23.5. The lowest BCUT2D eigenvalue weighted by atomic mass is 10.1. The van der Waals surface area contributed by atoms with E-state index in [0.29, 0.717) is 34.3 Å². The lowest BCUT2D eigenvalue weighted by Gasteiger charge is -2.24. The van der Waals surface area contributed by atoms with Gasteiger partial charge >= 0.3 is 5.97 Å². The third-order valence-corrected chi connectivity index (χ3v) is 5.95. The summed E-state index contributed by atoms with van der Waals surface area (Å²) in [5, 5.41) is 0.382. The number of aromatic nitrogens is 1. The summed E-state index contributed by atoms with van der Waals surface area (Å²) in [5.74, 6) is 0.704. The van der Waals surface area contributed by atoms with E-state index in [-0.39, 0.29) is 25.9 Å². The van der Waals surface area contributed by atoms with E-state index in [1.807, 2.05) is 32.0 Å². The summed E-state index contributed by atoms with van der Waals surface area (Å²) in [6, 6.07) is 12.6. The molecule has 8 heteroatoms. The second-order valence-electron chi connectivity index (χ2n) is 7.78. The van der Waals surface area contributed by atoms with E-state index in [4.69, 9.17) is 25.8 Å². The lowest BCUT2D eigenvalue weighted by molar-refractivity contribution is 0.0519. The number of hydrogen-bond acceptors (Lipinski definition) is 5. The monoisotopic (exact) mass is 468 g/mol. The normalized spacial score (nSPS) is 12.0. The number of rotatable bonds is 7. The SMILES string of the molecule is CCOC(=O)c1[nH]c(C)c(CN(Cc2ccc3c(c2)OCO3)C(=O)c2ccccc2Cl)c1C. The van der Waals surface area contributed by atoms with Crippen molar-refractivity contribution in [3.63, 3.8) is 0 Å². The third kappa shape index (κ3) is 4.68. The van der Waals surface area contributed by atoms with Gasteiger partial charge in [0.25, 0.3) is 5.91 Å². The molecule has 33 heavy (non-hydrogen) atoms. The number of aryl methyl sites for hydroxylation is 1. The molecule has 172 valence electrons. The highest BCUT2D eigenvalue weighted by atomic mass is 35.5. The quantitative estimate of drug-likeness (QED) is 0.492. The molecule has 0 unspecified atom stereocenters. The summed E-state index contributed by atoms with van der Waals surface area (Å²) in [4.78, 5) is 30.7. The number of aromatic amines is 1. The Kier molecular flexibility index (Phi) is 6.60. The van der Waals surface area contributed by atoms with E-state index in [0.717, 1.165) is 22.4 Å². The first-order valence-electron chi connectivity index (χ1n) is 10.7. The molecule has 1 N–H and O–H groups in total. The van der Waals surface area contributed by atoms with Crippen LogP contribution in [0.5, 0.6) is 11.5 Å². The van der Waals surface area contributed by atoms with Crippen LogP contribution in [0, 0.1) is 13.8 Å². The first kappa shape index (κ1) is 22.7. The Morgan fingerprint density at radius 2 is 1.85 bits per heavy atom. The minimum Gasteiger partial charge on any atom is -0.461 e. The Morgan fingerprint density at radius 3 is 2.61 bits per heavy atom. The Labute approximate surface area is 197 Å². The average molecular weight is 469 g/mol. The van der Waals surface area contributed by atoms with Crippen molar-refractivity contribution in [2.75, 3.05) is 13.4 Å². The molecule has 1 aliphatic heterocycles. The maximum absolute atomic E-state index is 13.6. The topological polar surface area (TPSA) is 80.9 Å². The van der Waals surface area contributed by atoms with Gasteiger partial charge in [-0.25, -0.2) is 4.79 Å². The van der Waals surface area contributed by atoms with E-state index < -0.39 is 5.97 Å². The Balaban J connectivity index is 1.68. The zero-order valence-corrected chi connectivity index (χ0v) is 19.5. The molecule has 0 fully saturated rings. The van der Waals surface area contributed by atoms with Gasteiger partial charge in [-0.15, -0.1) is 0 Å². The van der Waals surface area contributed by atoms with Gasteiger partial charge in [0.1, 0.15) is 5.69 Å². The molecule has 0 saturated carbocycles. The fraction of sp³-hybridized carbons (Fsp3) is 0.280. The number of halogens is 1. The number of H-pyrrole nitrogens is 1. The second-order valence-corrected chi connectivity index (χ2v) is 8.18. The molecule has 0 radical (unpaired) electrons. The summed E-state index contributed by atoms with van der Waals surface area (Å²) >= 11 is 6.34. The van der Waals surface area contributed by atoms with Crippen LogP contribution in [0.2, 0.25) is 5.02 Å². The lowest BCUT2D eigenvalue weighted by Crippen LogP contribution is -2.30. The van der Waals surface area contributed by atoms with E-state index in [2.05, 4.69) is 4.98 Å². The highest BCUT2D eigenvalue weighted by Gasteiger charge is 2.25. The highest BCUT2D eigenvalue weighted by Crippen LogP contribution is 2.33. The van der Waals surface area contributed by atoms with Gasteiger partial charge in [-0.2, -0.15) is 0 Å².